The van der Waals surface area contributed by atoms with Crippen LogP contribution in [0, 0.1) is 12.8 Å². The highest BCUT2D eigenvalue weighted by Crippen LogP contribution is 2.26. The zero-order valence-corrected chi connectivity index (χ0v) is 28.3. The molecule has 2 aromatic carbocycles. The molecule has 0 fully saturated rings. The van der Waals surface area contributed by atoms with Crippen molar-refractivity contribution >= 4 is 22.1 Å². The van der Waals surface area contributed by atoms with Gasteiger partial charge in [0.2, 0.25) is 10.0 Å². The molecule has 12 heteroatoms. The first-order valence-electron chi connectivity index (χ1n) is 15.1. The molecule has 250 valence electrons. The van der Waals surface area contributed by atoms with E-state index in [2.05, 4.69) is 10.3 Å². The van der Waals surface area contributed by atoms with Crippen LogP contribution in [0.5, 0.6) is 11.5 Å². The van der Waals surface area contributed by atoms with Gasteiger partial charge in [0.1, 0.15) is 23.7 Å². The zero-order chi connectivity index (χ0) is 34.1. The number of aromatic nitrogens is 1. The van der Waals surface area contributed by atoms with Crippen LogP contribution < -0.4 is 14.8 Å². The average molecular weight is 656 g/mol. The molecule has 0 aliphatic heterocycles. The minimum absolute atomic E-state index is 0.00769. The van der Waals surface area contributed by atoms with Gasteiger partial charge in [0.25, 0.3) is 0 Å². The van der Waals surface area contributed by atoms with E-state index in [1.54, 1.807) is 46.0 Å². The van der Waals surface area contributed by atoms with E-state index in [-0.39, 0.29) is 36.1 Å². The third-order valence-corrected chi connectivity index (χ3v) is 8.48. The van der Waals surface area contributed by atoms with E-state index in [9.17, 15) is 23.1 Å². The maximum Gasteiger partial charge on any atom is 0.407 e. The number of nitrogens with zero attached hydrogens (tertiary/aromatic N) is 2. The van der Waals surface area contributed by atoms with Gasteiger partial charge < -0.3 is 24.6 Å². The van der Waals surface area contributed by atoms with Crippen molar-refractivity contribution in [1.82, 2.24) is 14.6 Å². The first kappa shape index (κ1) is 36.5. The summed E-state index contributed by atoms with van der Waals surface area (Å²) in [6, 6.07) is 16.1. The molecular formula is C34H45N3O8S. The zero-order valence-electron chi connectivity index (χ0n) is 27.5. The Labute approximate surface area is 271 Å². The molecule has 2 atom stereocenters. The van der Waals surface area contributed by atoms with Crippen LogP contribution in [0.2, 0.25) is 0 Å². The van der Waals surface area contributed by atoms with Crippen LogP contribution in [0.15, 0.2) is 71.8 Å². The van der Waals surface area contributed by atoms with Crippen LogP contribution in [0.4, 0.5) is 4.79 Å². The quantitative estimate of drug-likeness (QED) is 0.180. The summed E-state index contributed by atoms with van der Waals surface area (Å²) in [5.41, 5.74) is 1.25. The summed E-state index contributed by atoms with van der Waals surface area (Å²) in [5.74, 6) is 0.296. The molecule has 1 amide bonds. The molecule has 2 unspecified atom stereocenters. The number of sulfonamides is 1. The van der Waals surface area contributed by atoms with Gasteiger partial charge in [-0.05, 0) is 93.6 Å². The largest absolute Gasteiger partial charge is 0.487 e. The summed E-state index contributed by atoms with van der Waals surface area (Å²) in [7, 11) is -4.09. The monoisotopic (exact) mass is 655 g/mol. The van der Waals surface area contributed by atoms with Crippen molar-refractivity contribution in [3.05, 3.63) is 83.7 Å². The number of aryl methyl sites for hydroxylation is 1. The Morgan fingerprint density at radius 1 is 1.02 bits per heavy atom. The fraction of sp³-hybridized carbons (Fsp3) is 0.441. The molecule has 3 rings (SSSR count). The predicted octanol–water partition coefficient (Wildman–Crippen LogP) is 5.04. The van der Waals surface area contributed by atoms with Gasteiger partial charge in [-0.15, -0.1) is 0 Å². The van der Waals surface area contributed by atoms with Gasteiger partial charge in [0.15, 0.2) is 0 Å². The molecule has 0 aliphatic carbocycles. The topological polar surface area (TPSA) is 144 Å². The van der Waals surface area contributed by atoms with E-state index in [0.717, 1.165) is 11.3 Å². The second kappa shape index (κ2) is 16.0. The number of pyridine rings is 1. The van der Waals surface area contributed by atoms with E-state index in [1.165, 1.54) is 29.4 Å². The molecule has 0 radical (unpaired) electrons. The molecule has 2 N–H and O–H groups in total. The van der Waals surface area contributed by atoms with Crippen LogP contribution in [0.1, 0.15) is 58.4 Å². The Morgan fingerprint density at radius 2 is 1.72 bits per heavy atom. The number of hydrogen-bond donors (Lipinski definition) is 2. The predicted molar refractivity (Wildman–Crippen MR) is 174 cm³/mol. The Balaban J connectivity index is 1.83. The van der Waals surface area contributed by atoms with E-state index in [0.29, 0.717) is 17.9 Å². The maximum absolute atomic E-state index is 13.9. The lowest BCUT2D eigenvalue weighted by Gasteiger charge is -2.31. The highest BCUT2D eigenvalue weighted by Gasteiger charge is 2.32. The average Bonchev–Trinajstić information content (AvgIpc) is 2.96. The van der Waals surface area contributed by atoms with Gasteiger partial charge in [-0.1, -0.05) is 32.0 Å². The van der Waals surface area contributed by atoms with Crippen LogP contribution in [0.3, 0.4) is 0 Å². The van der Waals surface area contributed by atoms with Gasteiger partial charge in [0, 0.05) is 26.2 Å². The van der Waals surface area contributed by atoms with Crippen molar-refractivity contribution < 1.29 is 37.3 Å². The molecule has 0 aliphatic rings. The number of esters is 1. The molecule has 0 spiro atoms. The van der Waals surface area contributed by atoms with E-state index in [1.807, 2.05) is 44.2 Å². The van der Waals surface area contributed by atoms with Gasteiger partial charge in [0.05, 0.1) is 22.7 Å². The molecule has 3 aromatic rings. The van der Waals surface area contributed by atoms with Gasteiger partial charge in [-0.2, -0.15) is 4.31 Å². The Hall–Kier alpha value is -4.00. The van der Waals surface area contributed by atoms with Crippen molar-refractivity contribution in [2.75, 3.05) is 13.1 Å². The maximum atomic E-state index is 13.9. The van der Waals surface area contributed by atoms with Crippen molar-refractivity contribution in [3.8, 4) is 11.5 Å². The van der Waals surface area contributed by atoms with Crippen molar-refractivity contribution in [1.29, 1.82) is 0 Å². The van der Waals surface area contributed by atoms with Gasteiger partial charge >= 0.3 is 12.1 Å². The molecule has 46 heavy (non-hydrogen) atoms. The first-order valence-corrected chi connectivity index (χ1v) is 16.6. The smallest absolute Gasteiger partial charge is 0.407 e. The minimum atomic E-state index is -4.09. The third kappa shape index (κ3) is 11.4. The highest BCUT2D eigenvalue weighted by atomic mass is 32.2. The summed E-state index contributed by atoms with van der Waals surface area (Å²) < 4.78 is 45.4. The van der Waals surface area contributed by atoms with Crippen molar-refractivity contribution in [3.63, 3.8) is 0 Å². The second-order valence-corrected chi connectivity index (χ2v) is 14.5. The van der Waals surface area contributed by atoms with Crippen LogP contribution >= 0.6 is 0 Å². The lowest BCUT2D eigenvalue weighted by atomic mass is 10.0. The highest BCUT2D eigenvalue weighted by molar-refractivity contribution is 7.89. The van der Waals surface area contributed by atoms with Crippen molar-refractivity contribution in [2.24, 2.45) is 5.92 Å². The number of rotatable bonds is 14. The molecule has 0 bridgehead atoms. The van der Waals surface area contributed by atoms with Crippen LogP contribution in [-0.2, 0) is 32.6 Å². The summed E-state index contributed by atoms with van der Waals surface area (Å²) >= 11 is 0. The van der Waals surface area contributed by atoms with Crippen LogP contribution in [-0.4, -0.2) is 65.7 Å². The van der Waals surface area contributed by atoms with Gasteiger partial charge in [-0.25, -0.2) is 13.2 Å². The Morgan fingerprint density at radius 3 is 2.28 bits per heavy atom. The molecule has 0 saturated heterocycles. The standard InChI is InChI=1S/C34H45N3O8S/c1-23(2)20-37(46(41,42)29-15-16-32(24(3)18-29)44-25(4)38)21-31(39)30(36-33(40)45-34(5,6)7)19-26-11-13-28(14-12-26)43-22-27-10-8-9-17-35-27/h8-18,23,30-31,39H,19-22H2,1-7H3,(H,36,40). The molecule has 0 saturated carbocycles. The number of nitrogens with one attached hydrogen (secondary N) is 1. The van der Waals surface area contributed by atoms with E-state index < -0.39 is 39.8 Å². The number of aliphatic hydroxyl groups is 1. The second-order valence-electron chi connectivity index (χ2n) is 12.5. The molecular weight excluding hydrogens is 610 g/mol. The summed E-state index contributed by atoms with van der Waals surface area (Å²) in [5, 5.41) is 14.3. The number of carbonyl (C=O) groups is 2. The lowest BCUT2D eigenvalue weighted by molar-refractivity contribution is -0.131. The first-order chi connectivity index (χ1) is 21.5. The van der Waals surface area contributed by atoms with E-state index in [4.69, 9.17) is 14.2 Å². The number of hydrogen-bond acceptors (Lipinski definition) is 9. The fourth-order valence-corrected chi connectivity index (χ4v) is 6.28. The molecule has 1 aromatic heterocycles. The normalized spacial score (nSPS) is 13.3. The van der Waals surface area contributed by atoms with Gasteiger partial charge in [-0.3, -0.25) is 9.78 Å². The number of carbonyl (C=O) groups excluding carboxylic acids is 2. The number of aliphatic hydroxyl groups excluding tert-OH is 1. The third-order valence-electron chi connectivity index (χ3n) is 6.66. The number of benzene rings is 2. The number of amides is 1. The Kier molecular flexibility index (Phi) is 12.7. The fourth-order valence-electron chi connectivity index (χ4n) is 4.57. The summed E-state index contributed by atoms with van der Waals surface area (Å²) in [4.78, 5) is 28.5. The lowest BCUT2D eigenvalue weighted by Crippen LogP contribution is -2.51. The van der Waals surface area contributed by atoms with Crippen LogP contribution in [0.25, 0.3) is 0 Å². The minimum Gasteiger partial charge on any atom is -0.487 e. The molecule has 1 heterocycles. The number of ether oxygens (including phenoxy) is 3. The molecule has 11 nitrogen and oxygen atoms in total. The van der Waals surface area contributed by atoms with Crippen molar-refractivity contribution in [2.45, 2.75) is 84.1 Å². The SMILES string of the molecule is CC(=O)Oc1ccc(S(=O)(=O)N(CC(C)C)CC(O)C(Cc2ccc(OCc3ccccn3)cc2)NC(=O)OC(C)(C)C)cc1C. The summed E-state index contributed by atoms with van der Waals surface area (Å²) in [6.45, 7) is 12.0. The summed E-state index contributed by atoms with van der Waals surface area (Å²) in [6.07, 6.45) is -0.155. The number of alkyl carbamates (subject to hydrolysis) is 1. The van der Waals surface area contributed by atoms with E-state index >= 15 is 0 Å². The Bertz CT molecular complexity index is 1560.